The molecule has 0 bridgehead atoms. The summed E-state index contributed by atoms with van der Waals surface area (Å²) in [5.74, 6) is 0.929. The molecular formula is C15H23NO. The van der Waals surface area contributed by atoms with E-state index in [-0.39, 0.29) is 0 Å². The van der Waals surface area contributed by atoms with Crippen LogP contribution in [0.15, 0.2) is 18.2 Å². The fourth-order valence-corrected chi connectivity index (χ4v) is 2.06. The van der Waals surface area contributed by atoms with Crippen molar-refractivity contribution < 1.29 is 4.74 Å². The number of aromatic amines is 1. The Kier molecular flexibility index (Phi) is 5.08. The summed E-state index contributed by atoms with van der Waals surface area (Å²) in [7, 11) is 1.71. The Hall–Kier alpha value is -1.44. The molecule has 0 atom stereocenters. The highest BCUT2D eigenvalue weighted by Gasteiger charge is 2.07. The van der Waals surface area contributed by atoms with Crippen LogP contribution in [0.3, 0.4) is 0 Å². The molecule has 2 heteroatoms. The van der Waals surface area contributed by atoms with Crippen molar-refractivity contribution >= 4 is 10.9 Å². The van der Waals surface area contributed by atoms with Crippen LogP contribution in [-0.4, -0.2) is 12.1 Å². The number of methoxy groups -OCH3 is 1. The van der Waals surface area contributed by atoms with Gasteiger partial charge in [-0.15, -0.1) is 0 Å². The molecule has 17 heavy (non-hydrogen) atoms. The highest BCUT2D eigenvalue weighted by molar-refractivity contribution is 5.86. The smallest absolute Gasteiger partial charge is 0.119 e. The molecule has 0 fully saturated rings. The number of nitrogens with one attached hydrogen (secondary N) is 1. The molecule has 0 spiro atoms. The van der Waals surface area contributed by atoms with Gasteiger partial charge in [0.2, 0.25) is 0 Å². The van der Waals surface area contributed by atoms with Gasteiger partial charge in [-0.1, -0.05) is 27.2 Å². The van der Waals surface area contributed by atoms with Crippen molar-refractivity contribution in [3.8, 4) is 5.75 Å². The van der Waals surface area contributed by atoms with Gasteiger partial charge in [-0.2, -0.15) is 0 Å². The van der Waals surface area contributed by atoms with Crippen molar-refractivity contribution in [3.05, 3.63) is 29.5 Å². The number of hydrogen-bond acceptors (Lipinski definition) is 1. The molecule has 0 radical (unpaired) electrons. The average molecular weight is 233 g/mol. The predicted molar refractivity (Wildman–Crippen MR) is 74.9 cm³/mol. The van der Waals surface area contributed by atoms with Gasteiger partial charge in [-0.3, -0.25) is 0 Å². The minimum atomic E-state index is 0.929. The molecule has 1 aromatic carbocycles. The van der Waals surface area contributed by atoms with Crippen LogP contribution in [0.2, 0.25) is 0 Å². The molecule has 94 valence electrons. The number of H-pyrrole nitrogens is 1. The number of aromatic nitrogens is 1. The number of benzene rings is 1. The van der Waals surface area contributed by atoms with Crippen molar-refractivity contribution in [2.45, 2.75) is 40.5 Å². The van der Waals surface area contributed by atoms with Crippen molar-refractivity contribution in [3.63, 3.8) is 0 Å². The fraction of sp³-hybridized carbons (Fsp3) is 0.467. The van der Waals surface area contributed by atoms with Gasteiger partial charge in [0.1, 0.15) is 5.75 Å². The summed E-state index contributed by atoms with van der Waals surface area (Å²) in [6.07, 6.45) is 2.30. The first kappa shape index (κ1) is 13.6. The van der Waals surface area contributed by atoms with Gasteiger partial charge in [-0.25, -0.2) is 0 Å². The van der Waals surface area contributed by atoms with Gasteiger partial charge in [0, 0.05) is 16.6 Å². The second kappa shape index (κ2) is 6.33. The van der Waals surface area contributed by atoms with Crippen molar-refractivity contribution in [2.24, 2.45) is 0 Å². The Morgan fingerprint density at radius 1 is 1.24 bits per heavy atom. The number of ether oxygens (including phenoxy) is 1. The maximum absolute atomic E-state index is 5.25. The van der Waals surface area contributed by atoms with Gasteiger partial charge in [-0.05, 0) is 37.1 Å². The fourth-order valence-electron chi connectivity index (χ4n) is 2.06. The minimum absolute atomic E-state index is 0.929. The zero-order valence-corrected chi connectivity index (χ0v) is 11.6. The van der Waals surface area contributed by atoms with Crippen molar-refractivity contribution in [1.29, 1.82) is 0 Å². The van der Waals surface area contributed by atoms with Crippen LogP contribution in [-0.2, 0) is 6.42 Å². The molecule has 0 aliphatic rings. The van der Waals surface area contributed by atoms with Gasteiger partial charge in [0.05, 0.1) is 7.11 Å². The second-order valence-corrected chi connectivity index (χ2v) is 3.89. The van der Waals surface area contributed by atoms with E-state index in [1.807, 2.05) is 19.9 Å². The normalized spacial score (nSPS) is 9.94. The molecule has 2 nitrogen and oxygen atoms in total. The van der Waals surface area contributed by atoms with Crippen LogP contribution in [0, 0.1) is 6.92 Å². The molecule has 0 aliphatic heterocycles. The molecule has 0 amide bonds. The van der Waals surface area contributed by atoms with Crippen LogP contribution in [0.25, 0.3) is 10.9 Å². The SMILES string of the molecule is CC.CCCc1c(C)[nH]c2ccc(OC)cc12. The Morgan fingerprint density at radius 2 is 1.94 bits per heavy atom. The second-order valence-electron chi connectivity index (χ2n) is 3.89. The zero-order valence-electron chi connectivity index (χ0n) is 11.6. The molecule has 0 aliphatic carbocycles. The number of aryl methyl sites for hydroxylation is 2. The standard InChI is InChI=1S/C13H17NO.C2H6/c1-4-5-11-9(2)14-13-7-6-10(15-3)8-12(11)13;1-2/h6-8,14H,4-5H2,1-3H3;1-2H3. The van der Waals surface area contributed by atoms with Crippen molar-refractivity contribution in [2.75, 3.05) is 7.11 Å². The summed E-state index contributed by atoms with van der Waals surface area (Å²) < 4.78 is 5.25. The highest BCUT2D eigenvalue weighted by atomic mass is 16.5. The quantitative estimate of drug-likeness (QED) is 0.831. The van der Waals surface area contributed by atoms with Crippen molar-refractivity contribution in [1.82, 2.24) is 4.98 Å². The van der Waals surface area contributed by atoms with Crippen LogP contribution in [0.1, 0.15) is 38.4 Å². The lowest BCUT2D eigenvalue weighted by molar-refractivity contribution is 0.415. The summed E-state index contributed by atoms with van der Waals surface area (Å²) in [4.78, 5) is 3.41. The van der Waals surface area contributed by atoms with Gasteiger partial charge < -0.3 is 9.72 Å². The molecule has 0 unspecified atom stereocenters. The third-order valence-corrected chi connectivity index (χ3v) is 2.83. The summed E-state index contributed by atoms with van der Waals surface area (Å²) in [5, 5.41) is 1.30. The summed E-state index contributed by atoms with van der Waals surface area (Å²) >= 11 is 0. The molecule has 1 heterocycles. The molecule has 0 saturated heterocycles. The van der Waals surface area contributed by atoms with E-state index in [1.54, 1.807) is 7.11 Å². The molecule has 0 saturated carbocycles. The number of rotatable bonds is 3. The Labute approximate surface area is 104 Å². The van der Waals surface area contributed by atoms with E-state index in [9.17, 15) is 0 Å². The van der Waals surface area contributed by atoms with E-state index < -0.39 is 0 Å². The maximum Gasteiger partial charge on any atom is 0.119 e. The van der Waals surface area contributed by atoms with Gasteiger partial charge in [0.25, 0.3) is 0 Å². The predicted octanol–water partition coefficient (Wildman–Crippen LogP) is 4.46. The Morgan fingerprint density at radius 3 is 2.53 bits per heavy atom. The van der Waals surface area contributed by atoms with Crippen LogP contribution < -0.4 is 4.74 Å². The van der Waals surface area contributed by atoms with E-state index in [0.29, 0.717) is 0 Å². The number of hydrogen-bond donors (Lipinski definition) is 1. The van der Waals surface area contributed by atoms with Crippen LogP contribution in [0.4, 0.5) is 0 Å². The summed E-state index contributed by atoms with van der Waals surface area (Å²) in [5.41, 5.74) is 3.91. The van der Waals surface area contributed by atoms with E-state index in [2.05, 4.69) is 31.0 Å². The first-order valence-corrected chi connectivity index (χ1v) is 6.41. The van der Waals surface area contributed by atoms with E-state index in [1.165, 1.54) is 28.6 Å². The first-order chi connectivity index (χ1) is 8.26. The molecule has 2 aromatic rings. The van der Waals surface area contributed by atoms with E-state index in [0.717, 1.165) is 12.2 Å². The molecule has 2 rings (SSSR count). The zero-order chi connectivity index (χ0) is 12.8. The third kappa shape index (κ3) is 2.82. The molecule has 1 N–H and O–H groups in total. The highest BCUT2D eigenvalue weighted by Crippen LogP contribution is 2.27. The Balaban J connectivity index is 0.000000686. The lowest BCUT2D eigenvalue weighted by atomic mass is 10.1. The molecule has 1 aromatic heterocycles. The topological polar surface area (TPSA) is 25.0 Å². The van der Waals surface area contributed by atoms with Crippen LogP contribution >= 0.6 is 0 Å². The maximum atomic E-state index is 5.25. The minimum Gasteiger partial charge on any atom is -0.497 e. The van der Waals surface area contributed by atoms with Gasteiger partial charge in [0.15, 0.2) is 0 Å². The summed E-state index contributed by atoms with van der Waals surface area (Å²) in [6.45, 7) is 8.34. The van der Waals surface area contributed by atoms with Crippen LogP contribution in [0.5, 0.6) is 5.75 Å². The Bertz CT molecular complexity index is 471. The lowest BCUT2D eigenvalue weighted by Gasteiger charge is -2.01. The monoisotopic (exact) mass is 233 g/mol. The van der Waals surface area contributed by atoms with E-state index in [4.69, 9.17) is 4.74 Å². The lowest BCUT2D eigenvalue weighted by Crippen LogP contribution is -1.85. The van der Waals surface area contributed by atoms with E-state index >= 15 is 0 Å². The van der Waals surface area contributed by atoms with Gasteiger partial charge >= 0.3 is 0 Å². The average Bonchev–Trinajstić information content (AvgIpc) is 2.68. The first-order valence-electron chi connectivity index (χ1n) is 6.41. The summed E-state index contributed by atoms with van der Waals surface area (Å²) in [6, 6.07) is 6.19. The third-order valence-electron chi connectivity index (χ3n) is 2.83. The molecular weight excluding hydrogens is 210 g/mol. The largest absolute Gasteiger partial charge is 0.497 e. The number of fused-ring (bicyclic) bond motifs is 1.